The lowest BCUT2D eigenvalue weighted by atomic mass is 10.1. The van der Waals surface area contributed by atoms with Gasteiger partial charge in [-0.05, 0) is 36.6 Å². The fourth-order valence-corrected chi connectivity index (χ4v) is 3.02. The molecule has 0 spiro atoms. The van der Waals surface area contributed by atoms with Gasteiger partial charge in [0.15, 0.2) is 9.84 Å². The van der Waals surface area contributed by atoms with E-state index in [1.165, 1.54) is 6.26 Å². The van der Waals surface area contributed by atoms with Gasteiger partial charge < -0.3 is 10.6 Å². The van der Waals surface area contributed by atoms with E-state index in [-0.39, 0.29) is 22.9 Å². The number of hydrogen-bond donors (Lipinski definition) is 2. The molecule has 8 heteroatoms. The van der Waals surface area contributed by atoms with Crippen molar-refractivity contribution in [1.82, 2.24) is 20.4 Å². The highest BCUT2D eigenvalue weighted by Crippen LogP contribution is 2.16. The maximum absolute atomic E-state index is 12.0. The van der Waals surface area contributed by atoms with E-state index in [0.29, 0.717) is 6.54 Å². The van der Waals surface area contributed by atoms with E-state index in [2.05, 4.69) is 15.7 Å². The molecule has 1 aromatic carbocycles. The molecular formula is C17H24N4O3S. The van der Waals surface area contributed by atoms with Crippen molar-refractivity contribution >= 4 is 15.9 Å². The van der Waals surface area contributed by atoms with Crippen molar-refractivity contribution in [2.75, 3.05) is 12.8 Å². The Bertz CT molecular complexity index is 786. The molecule has 0 unspecified atom stereocenters. The lowest BCUT2D eigenvalue weighted by molar-refractivity contribution is 0.235. The van der Waals surface area contributed by atoms with Crippen LogP contribution in [0.25, 0.3) is 0 Å². The quantitative estimate of drug-likeness (QED) is 0.786. The molecule has 0 bridgehead atoms. The first-order valence-electron chi connectivity index (χ1n) is 8.07. The first kappa shape index (κ1) is 19.0. The van der Waals surface area contributed by atoms with Crippen LogP contribution in [0.3, 0.4) is 0 Å². The predicted molar refractivity (Wildman–Crippen MR) is 95.9 cm³/mol. The number of carbonyl (C=O) groups is 1. The molecule has 2 amide bonds. The third-order valence-electron chi connectivity index (χ3n) is 3.82. The molecule has 0 fully saturated rings. The summed E-state index contributed by atoms with van der Waals surface area (Å²) in [6.07, 6.45) is 4.78. The zero-order valence-electron chi connectivity index (χ0n) is 14.6. The van der Waals surface area contributed by atoms with Crippen LogP contribution >= 0.6 is 0 Å². The Kier molecular flexibility index (Phi) is 6.19. The minimum atomic E-state index is -3.21. The van der Waals surface area contributed by atoms with Crippen molar-refractivity contribution in [2.45, 2.75) is 31.3 Å². The summed E-state index contributed by atoms with van der Waals surface area (Å²) in [6, 6.07) is 7.90. The van der Waals surface area contributed by atoms with Gasteiger partial charge in [0, 0.05) is 31.7 Å². The molecular weight excluding hydrogens is 340 g/mol. The van der Waals surface area contributed by atoms with Gasteiger partial charge in [0.1, 0.15) is 0 Å². The van der Waals surface area contributed by atoms with Gasteiger partial charge in [-0.3, -0.25) is 4.68 Å². The van der Waals surface area contributed by atoms with Crippen LogP contribution in [0.1, 0.15) is 25.5 Å². The number of nitrogens with zero attached hydrogens (tertiary/aromatic N) is 2. The van der Waals surface area contributed by atoms with Crippen LogP contribution in [0.15, 0.2) is 47.6 Å². The van der Waals surface area contributed by atoms with Crippen molar-refractivity contribution in [3.8, 4) is 0 Å². The third kappa shape index (κ3) is 5.90. The van der Waals surface area contributed by atoms with Gasteiger partial charge in [0.25, 0.3) is 0 Å². The van der Waals surface area contributed by atoms with Crippen molar-refractivity contribution in [3.63, 3.8) is 0 Å². The van der Waals surface area contributed by atoms with Gasteiger partial charge in [0.05, 0.1) is 10.9 Å². The second-order valence-electron chi connectivity index (χ2n) is 6.25. The number of hydrogen-bond acceptors (Lipinski definition) is 4. The minimum Gasteiger partial charge on any atom is -0.338 e. The van der Waals surface area contributed by atoms with Crippen LogP contribution < -0.4 is 10.6 Å². The molecule has 2 rings (SSSR count). The zero-order chi connectivity index (χ0) is 18.4. The number of aromatic nitrogens is 2. The van der Waals surface area contributed by atoms with Gasteiger partial charge in [-0.1, -0.05) is 19.1 Å². The number of carbonyl (C=O) groups excluding carboxylic acids is 1. The van der Waals surface area contributed by atoms with Gasteiger partial charge >= 0.3 is 6.03 Å². The highest BCUT2D eigenvalue weighted by atomic mass is 32.2. The standard InChI is InChI=1S/C17H24N4O3S/c1-13(12-21-10-4-9-19-21)11-18-17(22)20-14(2)15-5-7-16(8-6-15)25(3,23)24/h4-10,13-14H,11-12H2,1-3H3,(H2,18,20,22)/t13-,14+/m1/s1. The lowest BCUT2D eigenvalue weighted by Crippen LogP contribution is -2.39. The maximum atomic E-state index is 12.0. The van der Waals surface area contributed by atoms with Crippen LogP contribution in [-0.4, -0.2) is 37.0 Å². The monoisotopic (exact) mass is 364 g/mol. The molecule has 136 valence electrons. The van der Waals surface area contributed by atoms with Crippen LogP contribution in [0.5, 0.6) is 0 Å². The molecule has 2 atom stereocenters. The average molecular weight is 364 g/mol. The van der Waals surface area contributed by atoms with E-state index < -0.39 is 9.84 Å². The van der Waals surface area contributed by atoms with E-state index in [1.54, 1.807) is 30.5 Å². The number of amides is 2. The van der Waals surface area contributed by atoms with Crippen molar-refractivity contribution < 1.29 is 13.2 Å². The van der Waals surface area contributed by atoms with Crippen LogP contribution in [0, 0.1) is 5.92 Å². The summed E-state index contributed by atoms with van der Waals surface area (Å²) in [5.74, 6) is 0.245. The Labute approximate surface area is 148 Å². The Morgan fingerprint density at radius 2 is 1.92 bits per heavy atom. The summed E-state index contributed by atoms with van der Waals surface area (Å²) in [6.45, 7) is 5.15. The largest absolute Gasteiger partial charge is 0.338 e. The van der Waals surface area contributed by atoms with E-state index in [1.807, 2.05) is 30.8 Å². The van der Waals surface area contributed by atoms with Gasteiger partial charge in [-0.15, -0.1) is 0 Å². The highest BCUT2D eigenvalue weighted by molar-refractivity contribution is 7.90. The molecule has 0 aliphatic rings. The Balaban J connectivity index is 1.81. The molecule has 2 aromatic rings. The Hall–Kier alpha value is -2.35. The summed E-state index contributed by atoms with van der Waals surface area (Å²) in [5.41, 5.74) is 0.840. The molecule has 0 saturated heterocycles. The molecule has 25 heavy (non-hydrogen) atoms. The topological polar surface area (TPSA) is 93.1 Å². The molecule has 0 aliphatic heterocycles. The molecule has 1 heterocycles. The maximum Gasteiger partial charge on any atom is 0.315 e. The first-order chi connectivity index (χ1) is 11.8. The SMILES string of the molecule is C[C@H](CNC(=O)N[C@@H](C)c1ccc(S(C)(=O)=O)cc1)Cn1cccn1. The van der Waals surface area contributed by atoms with Gasteiger partial charge in [-0.2, -0.15) is 5.10 Å². The lowest BCUT2D eigenvalue weighted by Gasteiger charge is -2.17. The predicted octanol–water partition coefficient (Wildman–Crippen LogP) is 1.98. The highest BCUT2D eigenvalue weighted by Gasteiger charge is 2.12. The van der Waals surface area contributed by atoms with E-state index in [9.17, 15) is 13.2 Å². The van der Waals surface area contributed by atoms with E-state index in [4.69, 9.17) is 0 Å². The van der Waals surface area contributed by atoms with Gasteiger partial charge in [0.2, 0.25) is 0 Å². The Morgan fingerprint density at radius 1 is 1.24 bits per heavy atom. The molecule has 2 N–H and O–H groups in total. The van der Waals surface area contributed by atoms with Crippen molar-refractivity contribution in [3.05, 3.63) is 48.3 Å². The van der Waals surface area contributed by atoms with Crippen molar-refractivity contribution in [1.29, 1.82) is 0 Å². The van der Waals surface area contributed by atoms with Crippen LogP contribution in [0.4, 0.5) is 4.79 Å². The number of urea groups is 1. The molecule has 0 aliphatic carbocycles. The summed E-state index contributed by atoms with van der Waals surface area (Å²) in [4.78, 5) is 12.3. The summed E-state index contributed by atoms with van der Waals surface area (Å²) < 4.78 is 24.8. The smallest absolute Gasteiger partial charge is 0.315 e. The number of nitrogens with one attached hydrogen (secondary N) is 2. The second-order valence-corrected chi connectivity index (χ2v) is 8.27. The summed E-state index contributed by atoms with van der Waals surface area (Å²) in [7, 11) is -3.21. The molecule has 7 nitrogen and oxygen atoms in total. The molecule has 1 aromatic heterocycles. The van der Waals surface area contributed by atoms with Crippen molar-refractivity contribution in [2.24, 2.45) is 5.92 Å². The van der Waals surface area contributed by atoms with E-state index >= 15 is 0 Å². The molecule has 0 saturated carbocycles. The molecule has 0 radical (unpaired) electrons. The summed E-state index contributed by atoms with van der Waals surface area (Å²) in [5, 5.41) is 9.83. The number of rotatable bonds is 7. The van der Waals surface area contributed by atoms with Crippen LogP contribution in [-0.2, 0) is 16.4 Å². The van der Waals surface area contributed by atoms with E-state index in [0.717, 1.165) is 12.1 Å². The normalized spacial score (nSPS) is 13.9. The minimum absolute atomic E-state index is 0.227. The van der Waals surface area contributed by atoms with Crippen LogP contribution in [0.2, 0.25) is 0 Å². The summed E-state index contributed by atoms with van der Waals surface area (Å²) >= 11 is 0. The first-order valence-corrected chi connectivity index (χ1v) is 9.96. The fraction of sp³-hybridized carbons (Fsp3) is 0.412. The second kappa shape index (κ2) is 8.15. The number of benzene rings is 1. The zero-order valence-corrected chi connectivity index (χ0v) is 15.5. The number of sulfone groups is 1. The average Bonchev–Trinajstić information content (AvgIpc) is 3.05. The fourth-order valence-electron chi connectivity index (χ4n) is 2.39. The third-order valence-corrected chi connectivity index (χ3v) is 4.95. The Morgan fingerprint density at radius 3 is 2.48 bits per heavy atom. The van der Waals surface area contributed by atoms with Gasteiger partial charge in [-0.25, -0.2) is 13.2 Å².